The molecule has 0 saturated carbocycles. The molecule has 1 aromatic carbocycles. The Bertz CT molecular complexity index is 801. The molecule has 0 radical (unpaired) electrons. The number of benzene rings is 1. The second-order valence-electron chi connectivity index (χ2n) is 6.16. The Balaban J connectivity index is 2.48. The fourth-order valence-corrected chi connectivity index (χ4v) is 6.75. The van der Waals surface area contributed by atoms with Crippen molar-refractivity contribution in [3.05, 3.63) is 28.8 Å². The lowest BCUT2D eigenvalue weighted by molar-refractivity contribution is 0.347. The molecule has 0 bridgehead atoms. The molecule has 1 fully saturated rings. The summed E-state index contributed by atoms with van der Waals surface area (Å²) in [6, 6.07) is 2.97. The molecule has 8 heteroatoms. The highest BCUT2D eigenvalue weighted by atomic mass is 32.2. The van der Waals surface area contributed by atoms with Gasteiger partial charge in [0.05, 0.1) is 16.4 Å². The van der Waals surface area contributed by atoms with Crippen molar-refractivity contribution in [2.24, 2.45) is 5.73 Å². The maximum atomic E-state index is 13.1. The van der Waals surface area contributed by atoms with Crippen molar-refractivity contribution < 1.29 is 16.8 Å². The van der Waals surface area contributed by atoms with Gasteiger partial charge in [0.25, 0.3) is 0 Å². The third kappa shape index (κ3) is 3.76. The predicted molar refractivity (Wildman–Crippen MR) is 90.7 cm³/mol. The Morgan fingerprint density at radius 2 is 1.78 bits per heavy atom. The van der Waals surface area contributed by atoms with E-state index in [0.717, 1.165) is 11.1 Å². The van der Waals surface area contributed by atoms with Crippen LogP contribution < -0.4 is 5.73 Å². The van der Waals surface area contributed by atoms with Crippen molar-refractivity contribution in [3.8, 4) is 0 Å². The van der Waals surface area contributed by atoms with E-state index in [-0.39, 0.29) is 29.5 Å². The van der Waals surface area contributed by atoms with Gasteiger partial charge in [-0.1, -0.05) is 6.07 Å². The minimum Gasteiger partial charge on any atom is -0.329 e. The van der Waals surface area contributed by atoms with E-state index in [1.807, 2.05) is 19.9 Å². The quantitative estimate of drug-likeness (QED) is 0.835. The van der Waals surface area contributed by atoms with E-state index in [2.05, 4.69) is 0 Å². The van der Waals surface area contributed by atoms with Crippen molar-refractivity contribution >= 4 is 19.9 Å². The summed E-state index contributed by atoms with van der Waals surface area (Å²) in [7, 11) is -6.95. The summed E-state index contributed by atoms with van der Waals surface area (Å²) in [6.45, 7) is 5.82. The number of hydrogen-bond donors (Lipinski definition) is 1. The molecule has 1 saturated heterocycles. The van der Waals surface area contributed by atoms with Crippen molar-refractivity contribution in [1.29, 1.82) is 0 Å². The summed E-state index contributed by atoms with van der Waals surface area (Å²) in [5, 5.41) is 0. The number of sulfonamides is 1. The first-order chi connectivity index (χ1) is 10.6. The second-order valence-corrected chi connectivity index (χ2v) is 10.3. The van der Waals surface area contributed by atoms with Crippen LogP contribution in [0.2, 0.25) is 0 Å². The highest BCUT2D eigenvalue weighted by Gasteiger charge is 2.38. The van der Waals surface area contributed by atoms with Crippen LogP contribution in [0.3, 0.4) is 0 Å². The molecule has 6 nitrogen and oxygen atoms in total. The highest BCUT2D eigenvalue weighted by Crippen LogP contribution is 2.28. The molecule has 1 heterocycles. The zero-order chi connectivity index (χ0) is 17.4. The molecule has 130 valence electrons. The van der Waals surface area contributed by atoms with E-state index in [9.17, 15) is 16.8 Å². The fraction of sp³-hybridized carbons (Fsp3) is 0.600. The minimum absolute atomic E-state index is 0.0279. The Labute approximate surface area is 138 Å². The third-order valence-electron chi connectivity index (χ3n) is 4.34. The van der Waals surface area contributed by atoms with Crippen LogP contribution in [0.4, 0.5) is 0 Å². The van der Waals surface area contributed by atoms with Crippen LogP contribution in [0, 0.1) is 20.8 Å². The molecule has 1 aliphatic heterocycles. The Morgan fingerprint density at radius 3 is 2.30 bits per heavy atom. The zero-order valence-electron chi connectivity index (χ0n) is 13.7. The monoisotopic (exact) mass is 360 g/mol. The van der Waals surface area contributed by atoms with Gasteiger partial charge >= 0.3 is 0 Å². The van der Waals surface area contributed by atoms with Gasteiger partial charge in [-0.2, -0.15) is 4.31 Å². The Morgan fingerprint density at radius 1 is 1.17 bits per heavy atom. The average Bonchev–Trinajstić information content (AvgIpc) is 2.79. The molecule has 0 unspecified atom stereocenters. The van der Waals surface area contributed by atoms with Crippen LogP contribution in [-0.4, -0.2) is 51.8 Å². The first kappa shape index (κ1) is 18.4. The molecule has 0 aliphatic carbocycles. The normalized spacial score (nSPS) is 21.0. The molecule has 0 spiro atoms. The van der Waals surface area contributed by atoms with Crippen LogP contribution >= 0.6 is 0 Å². The van der Waals surface area contributed by atoms with Gasteiger partial charge in [-0.3, -0.25) is 0 Å². The summed E-state index contributed by atoms with van der Waals surface area (Å²) in [5.41, 5.74) is 8.15. The van der Waals surface area contributed by atoms with Crippen molar-refractivity contribution in [3.63, 3.8) is 0 Å². The molecular weight excluding hydrogens is 336 g/mol. The highest BCUT2D eigenvalue weighted by molar-refractivity contribution is 7.92. The van der Waals surface area contributed by atoms with Gasteiger partial charge in [0.15, 0.2) is 9.84 Å². The van der Waals surface area contributed by atoms with Crippen LogP contribution in [0.25, 0.3) is 0 Å². The maximum Gasteiger partial charge on any atom is 0.243 e. The summed E-state index contributed by atoms with van der Waals surface area (Å²) >= 11 is 0. The molecule has 1 atom stereocenters. The van der Waals surface area contributed by atoms with Gasteiger partial charge in [0.1, 0.15) is 0 Å². The summed E-state index contributed by atoms with van der Waals surface area (Å²) in [4.78, 5) is 0.235. The smallest absolute Gasteiger partial charge is 0.243 e. The minimum atomic E-state index is -3.78. The third-order valence-corrected chi connectivity index (χ3v) is 8.19. The largest absolute Gasteiger partial charge is 0.329 e. The second kappa shape index (κ2) is 6.51. The standard InChI is InChI=1S/C15H24N2O4S2/c1-11-8-13(3)15(9-12(11)2)23(20,21)17(6-5-16)14-4-7-22(18,19)10-14/h8-9,14H,4-7,10,16H2,1-3H3/t14-/m0/s1. The number of aryl methyl sites for hydroxylation is 3. The van der Waals surface area contributed by atoms with Crippen LogP contribution in [-0.2, 0) is 19.9 Å². The van der Waals surface area contributed by atoms with Gasteiger partial charge in [0.2, 0.25) is 10.0 Å². The van der Waals surface area contributed by atoms with Gasteiger partial charge in [-0.05, 0) is 49.9 Å². The van der Waals surface area contributed by atoms with Gasteiger partial charge in [0, 0.05) is 19.1 Å². The number of hydrogen-bond acceptors (Lipinski definition) is 5. The van der Waals surface area contributed by atoms with Crippen molar-refractivity contribution in [2.75, 3.05) is 24.6 Å². The molecule has 2 rings (SSSR count). The SMILES string of the molecule is Cc1cc(C)c(S(=O)(=O)N(CCN)[C@H]2CCS(=O)(=O)C2)cc1C. The molecular formula is C15H24N2O4S2. The predicted octanol–water partition coefficient (Wildman–Crippen LogP) is 0.748. The zero-order valence-corrected chi connectivity index (χ0v) is 15.4. The molecule has 0 amide bonds. The first-order valence-corrected chi connectivity index (χ1v) is 10.8. The number of nitrogens with two attached hydrogens (primary N) is 1. The van der Waals surface area contributed by atoms with Crippen molar-refractivity contribution in [2.45, 2.75) is 38.1 Å². The van der Waals surface area contributed by atoms with Crippen LogP contribution in [0.1, 0.15) is 23.1 Å². The summed E-state index contributed by atoms with van der Waals surface area (Å²) < 4.78 is 50.9. The van der Waals surface area contributed by atoms with Crippen LogP contribution in [0.15, 0.2) is 17.0 Å². The summed E-state index contributed by atoms with van der Waals surface area (Å²) in [5.74, 6) is -0.101. The van der Waals surface area contributed by atoms with E-state index in [1.54, 1.807) is 13.0 Å². The lowest BCUT2D eigenvalue weighted by Gasteiger charge is -2.28. The fourth-order valence-electron chi connectivity index (χ4n) is 2.97. The topological polar surface area (TPSA) is 97.5 Å². The van der Waals surface area contributed by atoms with E-state index in [1.165, 1.54) is 4.31 Å². The maximum absolute atomic E-state index is 13.1. The summed E-state index contributed by atoms with van der Waals surface area (Å²) in [6.07, 6.45) is 0.325. The van der Waals surface area contributed by atoms with Crippen LogP contribution in [0.5, 0.6) is 0 Å². The van der Waals surface area contributed by atoms with Gasteiger partial charge in [-0.15, -0.1) is 0 Å². The molecule has 2 N–H and O–H groups in total. The lowest BCUT2D eigenvalue weighted by atomic mass is 10.1. The Kier molecular flexibility index (Phi) is 5.20. The number of rotatable bonds is 5. The average molecular weight is 361 g/mol. The molecule has 1 aromatic rings. The first-order valence-electron chi connectivity index (χ1n) is 7.58. The number of nitrogens with zero attached hydrogens (tertiary/aromatic N) is 1. The van der Waals surface area contributed by atoms with Crippen molar-refractivity contribution in [1.82, 2.24) is 4.31 Å². The number of sulfone groups is 1. The molecule has 0 aromatic heterocycles. The van der Waals surface area contributed by atoms with E-state index in [4.69, 9.17) is 5.73 Å². The van der Waals surface area contributed by atoms with E-state index < -0.39 is 25.9 Å². The Hall–Kier alpha value is -0.960. The lowest BCUT2D eigenvalue weighted by Crippen LogP contribution is -2.44. The molecule has 23 heavy (non-hydrogen) atoms. The van der Waals surface area contributed by atoms with E-state index >= 15 is 0 Å². The van der Waals surface area contributed by atoms with E-state index in [0.29, 0.717) is 12.0 Å². The molecule has 1 aliphatic rings. The van der Waals surface area contributed by atoms with Gasteiger partial charge < -0.3 is 5.73 Å². The van der Waals surface area contributed by atoms with Gasteiger partial charge in [-0.25, -0.2) is 16.8 Å².